The van der Waals surface area contributed by atoms with Crippen LogP contribution < -0.4 is 0 Å². The monoisotopic (exact) mass is 1760 g/mol. The first-order chi connectivity index (χ1) is 63.1. The number of carbonyl (C=O) groups is 3. The Kier molecular flexibility index (Phi) is 48.5. The predicted molar refractivity (Wildman–Crippen MR) is 546 cm³/mol. The maximum atomic E-state index is 13.1. The van der Waals surface area contributed by atoms with Gasteiger partial charge in [-0.2, -0.15) is 0 Å². The molecule has 3 fully saturated rings. The summed E-state index contributed by atoms with van der Waals surface area (Å²) in [5.74, 6) is 4.53. The summed E-state index contributed by atoms with van der Waals surface area (Å²) in [6, 6.07) is 46.2. The standard InChI is InChI=1S/C42H63NO2.C40H59NO2.C38H55NO2/c1-4-5-6-7-8-9-10-11-12-13-14-15-16-17-21-24-41(44)45-42-39(32-38-29-34(2)35(3)30-40(38)42)31-36-25-27-43(28-26-36)33-37-22-19-18-20-23-37;1-4-5-6-7-8-9-10-11-12-13-14-15-19-22-39(42)43-40-37(30-36-27-32(2)33(3)28-38(36)40)29-34-23-25-41(26-24-34)31-35-20-17-16-18-21-35;1-4-5-6-7-8-9-10-11-12-13-17-20-37(40)41-38-35(28-34-25-30(2)31(3)26-36(34)38)27-32-21-23-39(24-22-32)29-33-18-15-14-16-19-33/h18-20,22-23,29-30,36H,4-17,21,24-28,31-33H2,1-3H3;16-18,20-21,27-28,34H,4-15,19,22-26,29-31H2,1-3H3;14-16,18-19,25-26,32H,4-13,17,20-24,27-29H2,1-3H3. The summed E-state index contributed by atoms with van der Waals surface area (Å²) < 4.78 is 18.7. The van der Waals surface area contributed by atoms with Crippen molar-refractivity contribution in [1.29, 1.82) is 0 Å². The highest BCUT2D eigenvalue weighted by molar-refractivity contribution is 5.85. The lowest BCUT2D eigenvalue weighted by Gasteiger charge is -2.32. The van der Waals surface area contributed by atoms with E-state index in [1.807, 2.05) is 0 Å². The minimum absolute atomic E-state index is 0.0408. The van der Waals surface area contributed by atoms with Gasteiger partial charge in [-0.1, -0.05) is 361 Å². The molecule has 0 aromatic heterocycles. The van der Waals surface area contributed by atoms with Crippen LogP contribution in [-0.4, -0.2) is 71.9 Å². The molecule has 3 saturated heterocycles. The van der Waals surface area contributed by atoms with Gasteiger partial charge in [0.1, 0.15) is 17.3 Å². The van der Waals surface area contributed by atoms with Crippen LogP contribution >= 0.6 is 0 Å². The number of benzene rings is 6. The molecule has 6 aliphatic rings. The molecule has 0 amide bonds. The summed E-state index contributed by atoms with van der Waals surface area (Å²) in [7, 11) is 0. The average molecular weight is 1760 g/mol. The number of unbranched alkanes of at least 4 members (excludes halogenated alkanes) is 36. The number of piperidine rings is 3. The topological polar surface area (TPSA) is 88.6 Å². The molecule has 0 bridgehead atoms. The Bertz CT molecular complexity index is 4300. The lowest BCUT2D eigenvalue weighted by atomic mass is 9.89. The van der Waals surface area contributed by atoms with E-state index in [1.54, 1.807) is 0 Å². The zero-order chi connectivity index (χ0) is 90.8. The molecule has 9 nitrogen and oxygen atoms in total. The lowest BCUT2D eigenvalue weighted by Crippen LogP contribution is -2.33. The highest BCUT2D eigenvalue weighted by Crippen LogP contribution is 2.44. The van der Waals surface area contributed by atoms with Crippen molar-refractivity contribution in [2.24, 2.45) is 17.8 Å². The van der Waals surface area contributed by atoms with Crippen molar-refractivity contribution in [1.82, 2.24) is 14.7 Å². The first kappa shape index (κ1) is 104. The van der Waals surface area contributed by atoms with E-state index in [1.165, 1.54) is 345 Å². The summed E-state index contributed by atoms with van der Waals surface area (Å²) in [5.41, 5.74) is 23.6. The molecule has 9 heteroatoms. The van der Waals surface area contributed by atoms with Crippen molar-refractivity contribution in [2.45, 2.75) is 429 Å². The molecule has 3 aliphatic carbocycles. The Morgan fingerprint density at radius 1 is 0.264 bits per heavy atom. The third-order valence-electron chi connectivity index (χ3n) is 29.6. The third kappa shape index (κ3) is 38.0. The summed E-state index contributed by atoms with van der Waals surface area (Å²) in [6.07, 6.45) is 66.2. The van der Waals surface area contributed by atoms with Gasteiger partial charge >= 0.3 is 17.9 Å². The molecule has 6 aromatic rings. The van der Waals surface area contributed by atoms with Crippen LogP contribution in [0.25, 0.3) is 17.3 Å². The molecule has 0 N–H and O–H groups in total. The first-order valence-electron chi connectivity index (χ1n) is 53.5. The van der Waals surface area contributed by atoms with E-state index in [-0.39, 0.29) is 17.9 Å². The fourth-order valence-corrected chi connectivity index (χ4v) is 21.1. The average Bonchev–Trinajstić information content (AvgIpc) is 1.65. The molecular formula is C120H177N3O6. The van der Waals surface area contributed by atoms with Crippen molar-refractivity contribution in [3.63, 3.8) is 0 Å². The maximum Gasteiger partial charge on any atom is 0.311 e. The zero-order valence-corrected chi connectivity index (χ0v) is 83.2. The number of allylic oxidation sites excluding steroid dienone is 3. The minimum atomic E-state index is -0.0443. The number of fused-ring (bicyclic) bond motifs is 3. The maximum absolute atomic E-state index is 13.1. The fourth-order valence-electron chi connectivity index (χ4n) is 21.1. The molecule has 6 aromatic carbocycles. The van der Waals surface area contributed by atoms with E-state index >= 15 is 0 Å². The lowest BCUT2D eigenvalue weighted by molar-refractivity contribution is -0.137. The summed E-state index contributed by atoms with van der Waals surface area (Å²) in [6.45, 7) is 29.9. The Balaban J connectivity index is 0.000000202. The fraction of sp³-hybridized carbons (Fsp3) is 0.625. The third-order valence-corrected chi connectivity index (χ3v) is 29.6. The number of hydrogen-bond acceptors (Lipinski definition) is 9. The van der Waals surface area contributed by atoms with Crippen LogP contribution in [0.1, 0.15) is 432 Å². The molecule has 708 valence electrons. The van der Waals surface area contributed by atoms with Gasteiger partial charge in [-0.25, -0.2) is 0 Å². The summed E-state index contributed by atoms with van der Waals surface area (Å²) in [4.78, 5) is 46.9. The van der Waals surface area contributed by atoms with Crippen LogP contribution in [0.5, 0.6) is 0 Å². The number of ether oxygens (including phenoxy) is 3. The van der Waals surface area contributed by atoms with Gasteiger partial charge in [0.2, 0.25) is 0 Å². The van der Waals surface area contributed by atoms with E-state index in [2.05, 4.69) is 204 Å². The van der Waals surface area contributed by atoms with Gasteiger partial charge in [-0.15, -0.1) is 0 Å². The molecule has 0 spiro atoms. The number of esters is 3. The number of nitrogens with zero attached hydrogens (tertiary/aromatic N) is 3. The molecule has 0 radical (unpaired) electrons. The molecule has 12 rings (SSSR count). The van der Waals surface area contributed by atoms with E-state index in [0.717, 1.165) is 159 Å². The molecule has 3 aliphatic heterocycles. The zero-order valence-electron chi connectivity index (χ0n) is 83.2. The van der Waals surface area contributed by atoms with E-state index in [9.17, 15) is 14.4 Å². The van der Waals surface area contributed by atoms with Crippen molar-refractivity contribution in [2.75, 3.05) is 39.3 Å². The summed E-state index contributed by atoms with van der Waals surface area (Å²) in [5, 5.41) is 0. The van der Waals surface area contributed by atoms with Crippen LogP contribution in [0.15, 0.2) is 144 Å². The van der Waals surface area contributed by atoms with E-state index < -0.39 is 0 Å². The second-order valence-corrected chi connectivity index (χ2v) is 40.7. The molecule has 0 atom stereocenters. The number of hydrogen-bond donors (Lipinski definition) is 0. The quantitative estimate of drug-likeness (QED) is 0.0210. The Hall–Kier alpha value is -7.17. The van der Waals surface area contributed by atoms with Crippen molar-refractivity contribution in [3.8, 4) is 0 Å². The van der Waals surface area contributed by atoms with Crippen LogP contribution in [-0.2, 0) is 67.5 Å². The van der Waals surface area contributed by atoms with Gasteiger partial charge in [-0.3, -0.25) is 29.1 Å². The van der Waals surface area contributed by atoms with Gasteiger partial charge in [-0.05, 0) is 297 Å². The van der Waals surface area contributed by atoms with Gasteiger partial charge in [0, 0.05) is 55.6 Å². The molecule has 3 heterocycles. The Labute approximate surface area is 786 Å². The van der Waals surface area contributed by atoms with Crippen LogP contribution in [0, 0.1) is 59.3 Å². The Morgan fingerprint density at radius 2 is 0.457 bits per heavy atom. The van der Waals surface area contributed by atoms with Gasteiger partial charge in [0.05, 0.1) is 0 Å². The Morgan fingerprint density at radius 3 is 0.667 bits per heavy atom. The molecule has 0 unspecified atom stereocenters. The van der Waals surface area contributed by atoms with E-state index in [4.69, 9.17) is 14.2 Å². The second-order valence-electron chi connectivity index (χ2n) is 40.7. The van der Waals surface area contributed by atoms with Crippen molar-refractivity contribution in [3.05, 3.63) is 228 Å². The summed E-state index contributed by atoms with van der Waals surface area (Å²) >= 11 is 0. The number of rotatable bonds is 57. The van der Waals surface area contributed by atoms with Crippen LogP contribution in [0.4, 0.5) is 0 Å². The van der Waals surface area contributed by atoms with Crippen LogP contribution in [0.2, 0.25) is 0 Å². The molecular weight excluding hydrogens is 1580 g/mol. The first-order valence-corrected chi connectivity index (χ1v) is 53.5. The normalized spacial score (nSPS) is 15.7. The number of aryl methyl sites for hydroxylation is 6. The SMILES string of the molecule is CCCCCCCCCCCCCC(=O)OC1=C(CC2CCN(Cc3ccccc3)CC2)Cc2cc(C)c(C)cc21.CCCCCCCCCCCCCCCC(=O)OC1=C(CC2CCN(Cc3ccccc3)CC2)Cc2cc(C)c(C)cc21.CCCCCCCCCCCCCCCCCC(=O)OC1=C(CC2CCN(Cc3ccccc3)CC2)Cc2cc(C)c(C)cc21. The van der Waals surface area contributed by atoms with Crippen LogP contribution in [0.3, 0.4) is 0 Å². The highest BCUT2D eigenvalue weighted by Gasteiger charge is 2.34. The smallest absolute Gasteiger partial charge is 0.311 e. The van der Waals surface area contributed by atoms with Gasteiger partial charge < -0.3 is 14.2 Å². The van der Waals surface area contributed by atoms with Gasteiger partial charge in [0.15, 0.2) is 0 Å². The number of likely N-dealkylation sites (tertiary alicyclic amines) is 3. The van der Waals surface area contributed by atoms with E-state index in [0.29, 0.717) is 37.0 Å². The highest BCUT2D eigenvalue weighted by atomic mass is 16.5. The largest absolute Gasteiger partial charge is 0.426 e. The molecule has 129 heavy (non-hydrogen) atoms. The minimum Gasteiger partial charge on any atom is -0.426 e. The second kappa shape index (κ2) is 60.2. The van der Waals surface area contributed by atoms with Crippen molar-refractivity contribution >= 4 is 35.2 Å². The van der Waals surface area contributed by atoms with Gasteiger partial charge in [0.25, 0.3) is 0 Å². The number of carbonyl (C=O) groups excluding carboxylic acids is 3. The molecule has 0 saturated carbocycles. The van der Waals surface area contributed by atoms with Crippen molar-refractivity contribution < 1.29 is 28.6 Å². The predicted octanol–water partition coefficient (Wildman–Crippen LogP) is 32.7.